The molecule has 0 spiro atoms. The number of nitrogens with zero attached hydrogens (tertiary/aromatic N) is 3. The van der Waals surface area contributed by atoms with Crippen molar-refractivity contribution in [2.45, 2.75) is 43.7 Å². The van der Waals surface area contributed by atoms with E-state index < -0.39 is 32.9 Å². The summed E-state index contributed by atoms with van der Waals surface area (Å²) in [6.45, 7) is 4.12. The molecule has 3 rings (SSSR count). The minimum absolute atomic E-state index is 0.0901. The summed E-state index contributed by atoms with van der Waals surface area (Å²) in [6.07, 6.45) is 1.83. The van der Waals surface area contributed by atoms with E-state index >= 15 is 0 Å². The van der Waals surface area contributed by atoms with Crippen LogP contribution in [0.3, 0.4) is 0 Å². The first-order chi connectivity index (χ1) is 14.1. The number of non-ortho nitro benzene ring substituents is 1. The van der Waals surface area contributed by atoms with Gasteiger partial charge in [0.05, 0.1) is 15.9 Å². The SMILES string of the molecule is Cc1ccc([N+](=O)[O-])cc1S(=O)(=O)N1CCN(C(C)C(=O)NC(=O)NC2CC2)CC1. The van der Waals surface area contributed by atoms with Gasteiger partial charge in [0.15, 0.2) is 0 Å². The molecule has 164 valence electrons. The number of hydrogen-bond acceptors (Lipinski definition) is 7. The summed E-state index contributed by atoms with van der Waals surface area (Å²) in [6, 6.07) is 2.79. The van der Waals surface area contributed by atoms with Gasteiger partial charge in [-0.3, -0.25) is 25.1 Å². The molecule has 2 aliphatic rings. The monoisotopic (exact) mass is 439 g/mol. The van der Waals surface area contributed by atoms with Crippen LogP contribution in [0.15, 0.2) is 23.1 Å². The summed E-state index contributed by atoms with van der Waals surface area (Å²) in [5, 5.41) is 16.0. The maximum Gasteiger partial charge on any atom is 0.321 e. The molecular formula is C18H25N5O6S. The summed E-state index contributed by atoms with van der Waals surface area (Å²) >= 11 is 0. The summed E-state index contributed by atoms with van der Waals surface area (Å²) in [4.78, 5) is 36.1. The number of carbonyl (C=O) groups excluding carboxylic acids is 2. The Morgan fingerprint density at radius 3 is 2.40 bits per heavy atom. The van der Waals surface area contributed by atoms with Crippen LogP contribution >= 0.6 is 0 Å². The lowest BCUT2D eigenvalue weighted by molar-refractivity contribution is -0.385. The van der Waals surface area contributed by atoms with Crippen molar-refractivity contribution < 1.29 is 22.9 Å². The van der Waals surface area contributed by atoms with Crippen molar-refractivity contribution in [3.05, 3.63) is 33.9 Å². The molecule has 30 heavy (non-hydrogen) atoms. The largest absolute Gasteiger partial charge is 0.335 e. The van der Waals surface area contributed by atoms with Crippen molar-refractivity contribution in [3.63, 3.8) is 0 Å². The van der Waals surface area contributed by atoms with E-state index in [4.69, 9.17) is 0 Å². The number of amides is 3. The summed E-state index contributed by atoms with van der Waals surface area (Å²) < 4.78 is 27.3. The standard InChI is InChI=1S/C18H25N5O6S/c1-12-3-6-15(23(26)27)11-16(12)30(28,29)22-9-7-21(8-10-22)13(2)17(24)20-18(25)19-14-4-5-14/h3,6,11,13-14H,4-5,7-10H2,1-2H3,(H2,19,20,24,25). The molecule has 2 fully saturated rings. The Kier molecular flexibility index (Phi) is 6.38. The van der Waals surface area contributed by atoms with Crippen molar-refractivity contribution in [1.29, 1.82) is 0 Å². The molecule has 1 aromatic carbocycles. The molecule has 1 saturated carbocycles. The molecule has 1 heterocycles. The Bertz CT molecular complexity index is 954. The van der Waals surface area contributed by atoms with Crippen molar-refractivity contribution in [2.75, 3.05) is 26.2 Å². The summed E-state index contributed by atoms with van der Waals surface area (Å²) in [5.41, 5.74) is 0.144. The third-order valence-corrected chi connectivity index (χ3v) is 7.39. The second-order valence-electron chi connectivity index (χ2n) is 7.56. The van der Waals surface area contributed by atoms with Gasteiger partial charge in [0, 0.05) is 44.4 Å². The lowest BCUT2D eigenvalue weighted by Crippen LogP contribution is -2.56. The number of hydrogen-bond donors (Lipinski definition) is 2. The molecular weight excluding hydrogens is 414 g/mol. The van der Waals surface area contributed by atoms with Gasteiger partial charge in [0.1, 0.15) is 0 Å². The first-order valence-corrected chi connectivity index (χ1v) is 11.1. The second kappa shape index (κ2) is 8.66. The van der Waals surface area contributed by atoms with Crippen molar-refractivity contribution >= 4 is 27.6 Å². The molecule has 1 saturated heterocycles. The number of nitrogens with one attached hydrogen (secondary N) is 2. The molecule has 1 aliphatic heterocycles. The average molecular weight is 439 g/mol. The number of imide groups is 1. The van der Waals surface area contributed by atoms with Gasteiger partial charge in [0.2, 0.25) is 15.9 Å². The number of nitro benzene ring substituents is 1. The van der Waals surface area contributed by atoms with Crippen LogP contribution in [0.5, 0.6) is 0 Å². The Morgan fingerprint density at radius 1 is 1.20 bits per heavy atom. The van der Waals surface area contributed by atoms with E-state index in [0.29, 0.717) is 18.7 Å². The Labute approximate surface area is 174 Å². The number of carbonyl (C=O) groups is 2. The molecule has 0 radical (unpaired) electrons. The molecule has 1 unspecified atom stereocenters. The van der Waals surface area contributed by atoms with Gasteiger partial charge in [-0.05, 0) is 32.3 Å². The lowest BCUT2D eigenvalue weighted by Gasteiger charge is -2.36. The molecule has 3 amide bonds. The number of urea groups is 1. The zero-order valence-corrected chi connectivity index (χ0v) is 17.6. The van der Waals surface area contributed by atoms with Gasteiger partial charge in [-0.25, -0.2) is 13.2 Å². The summed E-state index contributed by atoms with van der Waals surface area (Å²) in [7, 11) is -3.91. The van der Waals surface area contributed by atoms with Crippen molar-refractivity contribution in [2.24, 2.45) is 0 Å². The van der Waals surface area contributed by atoms with Crippen LogP contribution in [-0.2, 0) is 14.8 Å². The number of benzene rings is 1. The predicted molar refractivity (Wildman–Crippen MR) is 107 cm³/mol. The Balaban J connectivity index is 1.61. The molecule has 0 bridgehead atoms. The number of piperazine rings is 1. The summed E-state index contributed by atoms with van der Waals surface area (Å²) in [5.74, 6) is -0.445. The highest BCUT2D eigenvalue weighted by Gasteiger charge is 2.34. The first kappa shape index (κ1) is 22.1. The highest BCUT2D eigenvalue weighted by Crippen LogP contribution is 2.26. The van der Waals surface area contributed by atoms with Crippen molar-refractivity contribution in [1.82, 2.24) is 19.8 Å². The van der Waals surface area contributed by atoms with E-state index in [1.165, 1.54) is 16.4 Å². The minimum Gasteiger partial charge on any atom is -0.335 e. The van der Waals surface area contributed by atoms with Gasteiger partial charge in [0.25, 0.3) is 5.69 Å². The van der Waals surface area contributed by atoms with Gasteiger partial charge in [-0.1, -0.05) is 6.07 Å². The zero-order valence-electron chi connectivity index (χ0n) is 16.8. The van der Waals surface area contributed by atoms with Crippen LogP contribution in [0.4, 0.5) is 10.5 Å². The molecule has 1 aliphatic carbocycles. The molecule has 0 aromatic heterocycles. The number of sulfonamides is 1. The fourth-order valence-electron chi connectivity index (χ4n) is 3.28. The topological polar surface area (TPSA) is 142 Å². The van der Waals surface area contributed by atoms with E-state index in [1.54, 1.807) is 18.7 Å². The van der Waals surface area contributed by atoms with Crippen LogP contribution < -0.4 is 10.6 Å². The maximum atomic E-state index is 13.0. The molecule has 1 aromatic rings. The van der Waals surface area contributed by atoms with Crippen molar-refractivity contribution in [3.8, 4) is 0 Å². The number of rotatable bonds is 6. The quantitative estimate of drug-likeness (QED) is 0.488. The number of aryl methyl sites for hydroxylation is 1. The Morgan fingerprint density at radius 2 is 1.83 bits per heavy atom. The smallest absolute Gasteiger partial charge is 0.321 e. The minimum atomic E-state index is -3.91. The van der Waals surface area contributed by atoms with Gasteiger partial charge in [-0.15, -0.1) is 0 Å². The third-order valence-electron chi connectivity index (χ3n) is 5.35. The lowest BCUT2D eigenvalue weighted by atomic mass is 10.2. The molecule has 12 heteroatoms. The van der Waals surface area contributed by atoms with Crippen LogP contribution in [-0.4, -0.2) is 72.7 Å². The third kappa shape index (κ3) is 4.94. The van der Waals surface area contributed by atoms with Crippen LogP contribution in [0, 0.1) is 17.0 Å². The van der Waals surface area contributed by atoms with E-state index in [0.717, 1.165) is 18.9 Å². The van der Waals surface area contributed by atoms with Gasteiger partial charge < -0.3 is 5.32 Å². The highest BCUT2D eigenvalue weighted by molar-refractivity contribution is 7.89. The molecule has 1 atom stereocenters. The van der Waals surface area contributed by atoms with Crippen LogP contribution in [0.2, 0.25) is 0 Å². The molecule has 2 N–H and O–H groups in total. The maximum absolute atomic E-state index is 13.0. The second-order valence-corrected chi connectivity index (χ2v) is 9.47. The van der Waals surface area contributed by atoms with E-state index in [9.17, 15) is 28.1 Å². The first-order valence-electron chi connectivity index (χ1n) is 9.70. The average Bonchev–Trinajstić information content (AvgIpc) is 3.51. The van der Waals surface area contributed by atoms with E-state index in [-0.39, 0.29) is 29.7 Å². The van der Waals surface area contributed by atoms with Gasteiger partial charge >= 0.3 is 6.03 Å². The fraction of sp³-hybridized carbons (Fsp3) is 0.556. The van der Waals surface area contributed by atoms with E-state index in [2.05, 4.69) is 10.6 Å². The molecule has 11 nitrogen and oxygen atoms in total. The number of nitro groups is 1. The zero-order chi connectivity index (χ0) is 22.1. The Hall–Kier alpha value is -2.57. The predicted octanol–water partition coefficient (Wildman–Crippen LogP) is 0.586. The van der Waals surface area contributed by atoms with Crippen LogP contribution in [0.25, 0.3) is 0 Å². The highest BCUT2D eigenvalue weighted by atomic mass is 32.2. The normalized spacial score (nSPS) is 19.1. The van der Waals surface area contributed by atoms with Gasteiger partial charge in [-0.2, -0.15) is 4.31 Å². The van der Waals surface area contributed by atoms with Crippen LogP contribution in [0.1, 0.15) is 25.3 Å². The fourth-order valence-corrected chi connectivity index (χ4v) is 4.95. The van der Waals surface area contributed by atoms with E-state index in [1.807, 2.05) is 0 Å².